The summed E-state index contributed by atoms with van der Waals surface area (Å²) in [5.41, 5.74) is 0. The van der Waals surface area contributed by atoms with Crippen molar-refractivity contribution in [3.05, 3.63) is 22.1 Å². The standard InChI is InChI=1S/C5H5N3O4/c1-12-5(9)4-6-2-3(7-4)8(10)11/h2H,1H3,(H,6,7). The first-order valence-corrected chi connectivity index (χ1v) is 2.93. The molecule has 0 fully saturated rings. The lowest BCUT2D eigenvalue weighted by Gasteiger charge is -1.88. The Bertz CT molecular complexity index is 318. The number of carbonyl (C=O) groups excluding carboxylic acids is 1. The highest BCUT2D eigenvalue weighted by Crippen LogP contribution is 2.06. The monoisotopic (exact) mass is 171 g/mol. The van der Waals surface area contributed by atoms with Crippen LogP contribution in [-0.4, -0.2) is 28.0 Å². The number of nitro groups is 1. The molecule has 0 spiro atoms. The number of H-pyrrole nitrogens is 1. The molecule has 1 aromatic heterocycles. The van der Waals surface area contributed by atoms with Crippen molar-refractivity contribution < 1.29 is 14.5 Å². The molecule has 0 saturated heterocycles. The van der Waals surface area contributed by atoms with Crippen LogP contribution in [0.5, 0.6) is 0 Å². The maximum absolute atomic E-state index is 10.7. The van der Waals surface area contributed by atoms with E-state index in [4.69, 9.17) is 0 Å². The third kappa shape index (κ3) is 1.39. The summed E-state index contributed by atoms with van der Waals surface area (Å²) in [6.07, 6.45) is 0.951. The average molecular weight is 171 g/mol. The number of methoxy groups -OCH3 is 1. The Morgan fingerprint density at radius 1 is 1.83 bits per heavy atom. The second-order valence-electron chi connectivity index (χ2n) is 1.87. The smallest absolute Gasteiger partial charge is 0.398 e. The molecule has 0 saturated carbocycles. The van der Waals surface area contributed by atoms with E-state index >= 15 is 0 Å². The van der Waals surface area contributed by atoms with Gasteiger partial charge in [-0.25, -0.2) is 14.8 Å². The van der Waals surface area contributed by atoms with Crippen molar-refractivity contribution in [2.24, 2.45) is 0 Å². The predicted molar refractivity (Wildman–Crippen MR) is 36.6 cm³/mol. The molecule has 0 atom stereocenters. The summed E-state index contributed by atoms with van der Waals surface area (Å²) < 4.78 is 4.27. The number of hydrogen-bond donors (Lipinski definition) is 1. The Morgan fingerprint density at radius 3 is 2.92 bits per heavy atom. The Balaban J connectivity index is 2.91. The molecule has 64 valence electrons. The number of nitrogens with zero attached hydrogens (tertiary/aromatic N) is 2. The third-order valence-corrected chi connectivity index (χ3v) is 1.14. The fraction of sp³-hybridized carbons (Fsp3) is 0.200. The molecule has 0 bridgehead atoms. The second kappa shape index (κ2) is 2.99. The first kappa shape index (κ1) is 8.18. The van der Waals surface area contributed by atoms with Gasteiger partial charge in [0, 0.05) is 0 Å². The van der Waals surface area contributed by atoms with Crippen LogP contribution in [0, 0.1) is 10.1 Å². The zero-order valence-electron chi connectivity index (χ0n) is 6.10. The van der Waals surface area contributed by atoms with Crippen molar-refractivity contribution in [2.45, 2.75) is 0 Å². The minimum absolute atomic E-state index is 0.177. The summed E-state index contributed by atoms with van der Waals surface area (Å²) in [6.45, 7) is 0. The zero-order valence-corrected chi connectivity index (χ0v) is 6.10. The van der Waals surface area contributed by atoms with Gasteiger partial charge in [-0.3, -0.25) is 0 Å². The second-order valence-corrected chi connectivity index (χ2v) is 1.87. The molecule has 0 aliphatic carbocycles. The van der Waals surface area contributed by atoms with Crippen LogP contribution in [0.15, 0.2) is 6.20 Å². The molecule has 0 unspecified atom stereocenters. The quantitative estimate of drug-likeness (QED) is 0.386. The molecule has 7 nitrogen and oxygen atoms in total. The number of esters is 1. The van der Waals surface area contributed by atoms with Crippen LogP contribution < -0.4 is 0 Å². The van der Waals surface area contributed by atoms with Crippen LogP contribution in [0.4, 0.5) is 5.82 Å². The van der Waals surface area contributed by atoms with E-state index in [1.165, 1.54) is 0 Å². The van der Waals surface area contributed by atoms with Gasteiger partial charge in [-0.05, 0) is 4.92 Å². The maximum atomic E-state index is 10.7. The van der Waals surface area contributed by atoms with Crippen LogP contribution in [-0.2, 0) is 4.74 Å². The maximum Gasteiger partial charge on any atom is 0.398 e. The number of hydrogen-bond acceptors (Lipinski definition) is 5. The number of imidazole rings is 1. The van der Waals surface area contributed by atoms with Crippen molar-refractivity contribution >= 4 is 11.8 Å². The van der Waals surface area contributed by atoms with Gasteiger partial charge in [0.05, 0.1) is 7.11 Å². The zero-order chi connectivity index (χ0) is 9.14. The molecule has 0 aromatic carbocycles. The van der Waals surface area contributed by atoms with Crippen molar-refractivity contribution in [2.75, 3.05) is 7.11 Å². The summed E-state index contributed by atoms with van der Waals surface area (Å²) in [6, 6.07) is 0. The van der Waals surface area contributed by atoms with Crippen molar-refractivity contribution in [3.8, 4) is 0 Å². The van der Waals surface area contributed by atoms with Crippen molar-refractivity contribution in [1.29, 1.82) is 0 Å². The summed E-state index contributed by atoms with van der Waals surface area (Å²) >= 11 is 0. The Morgan fingerprint density at radius 2 is 2.50 bits per heavy atom. The molecule has 0 amide bonds. The number of aromatic amines is 1. The van der Waals surface area contributed by atoms with E-state index in [9.17, 15) is 14.9 Å². The molecule has 7 heteroatoms. The van der Waals surface area contributed by atoms with Crippen LogP contribution in [0.3, 0.4) is 0 Å². The van der Waals surface area contributed by atoms with Gasteiger partial charge in [-0.15, -0.1) is 0 Å². The molecule has 1 aromatic rings. The Hall–Kier alpha value is -1.92. The average Bonchev–Trinajstić information content (AvgIpc) is 2.51. The third-order valence-electron chi connectivity index (χ3n) is 1.14. The van der Waals surface area contributed by atoms with E-state index in [-0.39, 0.29) is 11.6 Å². The van der Waals surface area contributed by atoms with Crippen molar-refractivity contribution in [3.63, 3.8) is 0 Å². The van der Waals surface area contributed by atoms with Crippen LogP contribution >= 0.6 is 0 Å². The number of rotatable bonds is 2. The molecule has 0 aliphatic heterocycles. The van der Waals surface area contributed by atoms with E-state index < -0.39 is 10.9 Å². The van der Waals surface area contributed by atoms with E-state index in [0.29, 0.717) is 0 Å². The molecular formula is C5H5N3O4. The highest BCUT2D eigenvalue weighted by molar-refractivity contribution is 5.85. The number of nitrogens with one attached hydrogen (secondary N) is 1. The number of aromatic nitrogens is 2. The molecule has 1 heterocycles. The lowest BCUT2D eigenvalue weighted by atomic mass is 10.6. The van der Waals surface area contributed by atoms with Gasteiger partial charge in [0.25, 0.3) is 0 Å². The van der Waals surface area contributed by atoms with Gasteiger partial charge in [-0.2, -0.15) is 0 Å². The van der Waals surface area contributed by atoms with E-state index in [1.807, 2.05) is 0 Å². The van der Waals surface area contributed by atoms with Crippen molar-refractivity contribution in [1.82, 2.24) is 9.97 Å². The van der Waals surface area contributed by atoms with E-state index in [0.717, 1.165) is 13.3 Å². The van der Waals surface area contributed by atoms with Gasteiger partial charge in [0.15, 0.2) is 0 Å². The lowest BCUT2D eigenvalue weighted by Crippen LogP contribution is -2.03. The van der Waals surface area contributed by atoms with E-state index in [1.54, 1.807) is 0 Å². The molecule has 0 aliphatic rings. The van der Waals surface area contributed by atoms with Crippen LogP contribution in [0.2, 0.25) is 0 Å². The molecule has 12 heavy (non-hydrogen) atoms. The van der Waals surface area contributed by atoms with Gasteiger partial charge in [0.2, 0.25) is 0 Å². The normalized spacial score (nSPS) is 9.42. The first-order valence-electron chi connectivity index (χ1n) is 2.93. The Kier molecular flexibility index (Phi) is 2.04. The summed E-state index contributed by atoms with van der Waals surface area (Å²) in [7, 11) is 1.16. The topological polar surface area (TPSA) is 98.1 Å². The lowest BCUT2D eigenvalue weighted by molar-refractivity contribution is -0.389. The Labute approximate surface area is 66.5 Å². The largest absolute Gasteiger partial charge is 0.462 e. The minimum Gasteiger partial charge on any atom is -0.462 e. The van der Waals surface area contributed by atoms with Gasteiger partial charge < -0.3 is 14.9 Å². The fourth-order valence-corrected chi connectivity index (χ4v) is 0.605. The molecule has 1 rings (SSSR count). The number of ether oxygens (including phenoxy) is 1. The molecular weight excluding hydrogens is 166 g/mol. The number of carbonyl (C=O) groups is 1. The summed E-state index contributed by atoms with van der Waals surface area (Å²) in [4.78, 5) is 25.8. The fourth-order valence-electron chi connectivity index (χ4n) is 0.605. The van der Waals surface area contributed by atoms with Crippen LogP contribution in [0.25, 0.3) is 0 Å². The predicted octanol–water partition coefficient (Wildman–Crippen LogP) is 0.104. The van der Waals surface area contributed by atoms with Gasteiger partial charge in [0.1, 0.15) is 6.20 Å². The minimum atomic E-state index is -0.733. The molecule has 0 radical (unpaired) electrons. The highest BCUT2D eigenvalue weighted by Gasteiger charge is 2.17. The van der Waals surface area contributed by atoms with E-state index in [2.05, 4.69) is 14.7 Å². The van der Waals surface area contributed by atoms with Crippen LogP contribution in [0.1, 0.15) is 10.6 Å². The SMILES string of the molecule is COC(=O)c1ncc([N+](=O)[O-])[nH]1. The van der Waals surface area contributed by atoms with Gasteiger partial charge in [-0.1, -0.05) is 0 Å². The van der Waals surface area contributed by atoms with Gasteiger partial charge >= 0.3 is 17.6 Å². The summed E-state index contributed by atoms with van der Waals surface area (Å²) in [5.74, 6) is -1.25. The summed E-state index contributed by atoms with van der Waals surface area (Å²) in [5, 5.41) is 10.1. The highest BCUT2D eigenvalue weighted by atomic mass is 16.6. The first-order chi connectivity index (χ1) is 5.65. The molecule has 1 N–H and O–H groups in total.